The first-order chi connectivity index (χ1) is 14.4. The van der Waals surface area contributed by atoms with E-state index in [-0.39, 0.29) is 11.3 Å². The molecule has 0 aliphatic carbocycles. The highest BCUT2D eigenvalue weighted by molar-refractivity contribution is 5.94. The normalized spacial score (nSPS) is 11.6. The Balaban J connectivity index is 1.51. The van der Waals surface area contributed by atoms with Gasteiger partial charge >= 0.3 is 0 Å². The highest BCUT2D eigenvalue weighted by atomic mass is 16.1. The lowest BCUT2D eigenvalue weighted by atomic mass is 9.87. The number of hydrogen-bond donors (Lipinski definition) is 1. The maximum atomic E-state index is 12.6. The standard InChI is InChI=1S/C25H26N4O/c1-25(2,3)20-13-11-19(12-14-20)24(30)27-16-17-29-22(18-8-5-4-6-9-18)28-21-10-7-15-26-23(21)29/h4-15H,16-17H2,1-3H3,(H,27,30). The molecule has 0 atom stereocenters. The van der Waals surface area contributed by atoms with Crippen molar-refractivity contribution in [1.29, 1.82) is 0 Å². The second kappa shape index (κ2) is 8.11. The summed E-state index contributed by atoms with van der Waals surface area (Å²) >= 11 is 0. The SMILES string of the molecule is CC(C)(C)c1ccc(C(=O)NCCn2c(-c3ccccc3)nc3cccnc32)cc1. The first-order valence-corrected chi connectivity index (χ1v) is 10.2. The van der Waals surface area contributed by atoms with Crippen molar-refractivity contribution in [3.05, 3.63) is 84.1 Å². The molecule has 152 valence electrons. The van der Waals surface area contributed by atoms with Crippen molar-refractivity contribution in [2.24, 2.45) is 0 Å². The van der Waals surface area contributed by atoms with Gasteiger partial charge in [0.05, 0.1) is 0 Å². The smallest absolute Gasteiger partial charge is 0.251 e. The van der Waals surface area contributed by atoms with Crippen molar-refractivity contribution in [2.45, 2.75) is 32.7 Å². The van der Waals surface area contributed by atoms with Gasteiger partial charge in [-0.1, -0.05) is 63.2 Å². The van der Waals surface area contributed by atoms with E-state index in [1.54, 1.807) is 6.20 Å². The van der Waals surface area contributed by atoms with Crippen molar-refractivity contribution in [2.75, 3.05) is 6.54 Å². The van der Waals surface area contributed by atoms with Crippen LogP contribution in [0.5, 0.6) is 0 Å². The molecule has 0 fully saturated rings. The monoisotopic (exact) mass is 398 g/mol. The zero-order valence-electron chi connectivity index (χ0n) is 17.6. The maximum Gasteiger partial charge on any atom is 0.251 e. The predicted molar refractivity (Wildman–Crippen MR) is 120 cm³/mol. The van der Waals surface area contributed by atoms with Gasteiger partial charge in [0.15, 0.2) is 5.65 Å². The van der Waals surface area contributed by atoms with Gasteiger partial charge in [-0.2, -0.15) is 0 Å². The molecule has 0 saturated carbocycles. The summed E-state index contributed by atoms with van der Waals surface area (Å²) in [6, 6.07) is 21.7. The lowest BCUT2D eigenvalue weighted by molar-refractivity contribution is 0.0952. The number of carbonyl (C=O) groups excluding carboxylic acids is 1. The molecule has 0 saturated heterocycles. The van der Waals surface area contributed by atoms with Crippen LogP contribution < -0.4 is 5.32 Å². The molecule has 5 heteroatoms. The molecular weight excluding hydrogens is 372 g/mol. The highest BCUT2D eigenvalue weighted by Crippen LogP contribution is 2.24. The maximum absolute atomic E-state index is 12.6. The Bertz CT molecular complexity index is 1160. The van der Waals surface area contributed by atoms with Crippen molar-refractivity contribution < 1.29 is 4.79 Å². The average Bonchev–Trinajstić information content (AvgIpc) is 3.12. The second-order valence-corrected chi connectivity index (χ2v) is 8.38. The first kappa shape index (κ1) is 19.8. The lowest BCUT2D eigenvalue weighted by Gasteiger charge is -2.19. The minimum absolute atomic E-state index is 0.0678. The van der Waals surface area contributed by atoms with Crippen LogP contribution in [-0.2, 0) is 12.0 Å². The highest BCUT2D eigenvalue weighted by Gasteiger charge is 2.15. The number of aromatic nitrogens is 3. The van der Waals surface area contributed by atoms with E-state index < -0.39 is 0 Å². The van der Waals surface area contributed by atoms with E-state index in [1.807, 2.05) is 66.7 Å². The molecule has 0 unspecified atom stereocenters. The van der Waals surface area contributed by atoms with Gasteiger partial charge in [0.1, 0.15) is 11.3 Å². The minimum Gasteiger partial charge on any atom is -0.350 e. The van der Waals surface area contributed by atoms with Crippen molar-refractivity contribution in [3.63, 3.8) is 0 Å². The zero-order valence-corrected chi connectivity index (χ0v) is 17.6. The molecule has 0 spiro atoms. The van der Waals surface area contributed by atoms with Crippen LogP contribution in [0.15, 0.2) is 72.9 Å². The van der Waals surface area contributed by atoms with Crippen LogP contribution in [0.3, 0.4) is 0 Å². The van der Waals surface area contributed by atoms with Crippen LogP contribution in [0, 0.1) is 0 Å². The molecule has 5 nitrogen and oxygen atoms in total. The molecule has 2 aromatic carbocycles. The molecule has 4 rings (SSSR count). The van der Waals surface area contributed by atoms with Crippen LogP contribution in [-0.4, -0.2) is 27.0 Å². The molecule has 0 aliphatic heterocycles. The molecule has 0 bridgehead atoms. The van der Waals surface area contributed by atoms with Gasteiger partial charge in [0.2, 0.25) is 0 Å². The van der Waals surface area contributed by atoms with E-state index in [0.717, 1.165) is 22.6 Å². The summed E-state index contributed by atoms with van der Waals surface area (Å²) in [6.07, 6.45) is 1.77. The van der Waals surface area contributed by atoms with Crippen LogP contribution >= 0.6 is 0 Å². The summed E-state index contributed by atoms with van der Waals surface area (Å²) in [5, 5.41) is 3.02. The minimum atomic E-state index is -0.0749. The first-order valence-electron chi connectivity index (χ1n) is 10.2. The third kappa shape index (κ3) is 4.10. The van der Waals surface area contributed by atoms with E-state index in [4.69, 9.17) is 4.98 Å². The van der Waals surface area contributed by atoms with Gasteiger partial charge in [0.25, 0.3) is 5.91 Å². The second-order valence-electron chi connectivity index (χ2n) is 8.38. The molecular formula is C25H26N4O. The third-order valence-electron chi connectivity index (χ3n) is 5.17. The molecule has 1 amide bonds. The summed E-state index contributed by atoms with van der Waals surface area (Å²) in [5.41, 5.74) is 4.64. The van der Waals surface area contributed by atoms with Crippen molar-refractivity contribution >= 4 is 17.1 Å². The number of amides is 1. The van der Waals surface area contributed by atoms with E-state index >= 15 is 0 Å². The number of benzene rings is 2. The average molecular weight is 399 g/mol. The Morgan fingerprint density at radius 1 is 0.967 bits per heavy atom. The number of carbonyl (C=O) groups is 1. The number of fused-ring (bicyclic) bond motifs is 1. The largest absolute Gasteiger partial charge is 0.350 e. The predicted octanol–water partition coefficient (Wildman–Crippen LogP) is 4.83. The Labute approximate surface area is 176 Å². The van der Waals surface area contributed by atoms with Crippen LogP contribution in [0.4, 0.5) is 0 Å². The number of pyridine rings is 1. The summed E-state index contributed by atoms with van der Waals surface area (Å²) in [7, 11) is 0. The molecule has 2 heterocycles. The Morgan fingerprint density at radius 3 is 2.40 bits per heavy atom. The van der Waals surface area contributed by atoms with E-state index in [0.29, 0.717) is 18.7 Å². The lowest BCUT2D eigenvalue weighted by Crippen LogP contribution is -2.27. The topological polar surface area (TPSA) is 59.8 Å². The van der Waals surface area contributed by atoms with Gasteiger partial charge < -0.3 is 9.88 Å². The quantitative estimate of drug-likeness (QED) is 0.524. The van der Waals surface area contributed by atoms with Crippen LogP contribution in [0.1, 0.15) is 36.7 Å². The van der Waals surface area contributed by atoms with Crippen molar-refractivity contribution in [1.82, 2.24) is 19.9 Å². The third-order valence-corrected chi connectivity index (χ3v) is 5.17. The molecule has 4 aromatic rings. The summed E-state index contributed by atoms with van der Waals surface area (Å²) in [6.45, 7) is 7.56. The summed E-state index contributed by atoms with van der Waals surface area (Å²) < 4.78 is 2.06. The van der Waals surface area contributed by atoms with Gasteiger partial charge in [-0.15, -0.1) is 0 Å². The van der Waals surface area contributed by atoms with E-state index in [1.165, 1.54) is 5.56 Å². The Morgan fingerprint density at radius 2 is 1.70 bits per heavy atom. The molecule has 0 radical (unpaired) electrons. The van der Waals surface area contributed by atoms with E-state index in [9.17, 15) is 4.79 Å². The molecule has 2 aromatic heterocycles. The number of rotatable bonds is 5. The Hall–Kier alpha value is -3.47. The Kier molecular flexibility index (Phi) is 5.36. The number of imidazole rings is 1. The summed E-state index contributed by atoms with van der Waals surface area (Å²) in [5.74, 6) is 0.780. The fourth-order valence-electron chi connectivity index (χ4n) is 3.48. The van der Waals surface area contributed by atoms with Gasteiger partial charge in [0, 0.05) is 30.4 Å². The van der Waals surface area contributed by atoms with Crippen LogP contribution in [0.25, 0.3) is 22.6 Å². The van der Waals surface area contributed by atoms with Gasteiger partial charge in [-0.3, -0.25) is 4.79 Å². The molecule has 0 aliphatic rings. The van der Waals surface area contributed by atoms with Gasteiger partial charge in [-0.25, -0.2) is 9.97 Å². The molecule has 1 N–H and O–H groups in total. The fraction of sp³-hybridized carbons (Fsp3) is 0.240. The van der Waals surface area contributed by atoms with Crippen LogP contribution in [0.2, 0.25) is 0 Å². The number of nitrogens with zero attached hydrogens (tertiary/aromatic N) is 3. The summed E-state index contributed by atoms with van der Waals surface area (Å²) in [4.78, 5) is 21.9. The number of nitrogens with one attached hydrogen (secondary N) is 1. The van der Waals surface area contributed by atoms with Gasteiger partial charge in [-0.05, 0) is 35.2 Å². The van der Waals surface area contributed by atoms with Crippen molar-refractivity contribution in [3.8, 4) is 11.4 Å². The molecule has 30 heavy (non-hydrogen) atoms. The van der Waals surface area contributed by atoms with E-state index in [2.05, 4.69) is 35.6 Å². The fourth-order valence-corrected chi connectivity index (χ4v) is 3.48. The zero-order chi connectivity index (χ0) is 21.1. The number of hydrogen-bond acceptors (Lipinski definition) is 3.